The lowest BCUT2D eigenvalue weighted by molar-refractivity contribution is 0.0520. The highest BCUT2D eigenvalue weighted by molar-refractivity contribution is 5.99. The molecule has 0 radical (unpaired) electrons. The maximum absolute atomic E-state index is 12.7. The van der Waals surface area contributed by atoms with E-state index in [2.05, 4.69) is 20.3 Å². The number of benzene rings is 2. The van der Waals surface area contributed by atoms with E-state index in [1.165, 1.54) is 9.25 Å². The number of halogens is 1. The number of anilines is 2. The maximum atomic E-state index is 12.7. The van der Waals surface area contributed by atoms with Crippen molar-refractivity contribution in [2.24, 2.45) is 0 Å². The van der Waals surface area contributed by atoms with Crippen molar-refractivity contribution in [2.45, 2.75) is 52.7 Å². The van der Waals surface area contributed by atoms with E-state index in [0.29, 0.717) is 28.0 Å². The maximum Gasteiger partial charge on any atom is 0.435 e. The second kappa shape index (κ2) is 12.4. The molecule has 0 unspecified atom stereocenters. The summed E-state index contributed by atoms with van der Waals surface area (Å²) in [5, 5.41) is 13.4. The van der Waals surface area contributed by atoms with Gasteiger partial charge >= 0.3 is 12.2 Å². The largest absolute Gasteiger partial charge is 0.443 e. The zero-order chi connectivity index (χ0) is 31.8. The van der Waals surface area contributed by atoms with Crippen molar-refractivity contribution in [3.05, 3.63) is 73.1 Å². The van der Waals surface area contributed by atoms with E-state index in [9.17, 15) is 9.59 Å². The molecule has 4 heterocycles. The number of hydrogen-bond acceptors (Lipinski definition) is 8. The molecule has 0 atom stereocenters. The molecule has 0 aliphatic heterocycles. The van der Waals surface area contributed by atoms with E-state index < -0.39 is 23.4 Å². The summed E-state index contributed by atoms with van der Waals surface area (Å²) in [6, 6.07) is 18.3. The number of H-pyrrole nitrogens is 2. The van der Waals surface area contributed by atoms with E-state index >= 15 is 0 Å². The summed E-state index contributed by atoms with van der Waals surface area (Å²) in [6.45, 7) is 10.7. The van der Waals surface area contributed by atoms with Gasteiger partial charge in [-0.2, -0.15) is 14.9 Å². The average Bonchev–Trinajstić information content (AvgIpc) is 3.72. The van der Waals surface area contributed by atoms with Crippen LogP contribution in [-0.2, 0) is 9.47 Å². The molecule has 0 spiro atoms. The van der Waals surface area contributed by atoms with Crippen molar-refractivity contribution < 1.29 is 19.1 Å². The fourth-order valence-electron chi connectivity index (χ4n) is 4.53. The highest BCUT2D eigenvalue weighted by atomic mass is 35.5. The molecule has 6 N–H and O–H groups in total. The second-order valence-corrected chi connectivity index (χ2v) is 12.2. The number of nitrogens with zero attached hydrogens (tertiary/aromatic N) is 4. The van der Waals surface area contributed by atoms with Crippen LogP contribution in [0.25, 0.3) is 44.6 Å². The SMILES string of the molecule is CC(C)(C)OC(=O)n1cccc1-c1nn(C(=O)OC(C)(C)C)c2cc(N)ccc12.Cl.Nc1ccc2c(-c3ccc[nH]3)n[nH]c2c1. The number of nitrogen functional groups attached to an aromatic ring is 2. The van der Waals surface area contributed by atoms with Crippen molar-refractivity contribution in [3.8, 4) is 22.8 Å². The Labute approximate surface area is 266 Å². The Balaban J connectivity index is 0.000000240. The molecule has 12 nitrogen and oxygen atoms in total. The van der Waals surface area contributed by atoms with Crippen molar-refractivity contribution in [1.82, 2.24) is 29.5 Å². The first-order chi connectivity index (χ1) is 20.7. The van der Waals surface area contributed by atoms with Crippen molar-refractivity contribution in [1.29, 1.82) is 0 Å². The predicted octanol–water partition coefficient (Wildman–Crippen LogP) is 7.22. The first-order valence-electron chi connectivity index (χ1n) is 14.0. The van der Waals surface area contributed by atoms with Crippen molar-refractivity contribution >= 4 is 57.8 Å². The lowest BCUT2D eigenvalue weighted by atomic mass is 10.1. The van der Waals surface area contributed by atoms with E-state index in [4.69, 9.17) is 20.9 Å². The predicted molar refractivity (Wildman–Crippen MR) is 178 cm³/mol. The molecule has 0 aliphatic carbocycles. The first-order valence-corrected chi connectivity index (χ1v) is 14.0. The van der Waals surface area contributed by atoms with Gasteiger partial charge in [-0.05, 0) is 102 Å². The molecule has 0 fully saturated rings. The molecule has 6 rings (SSSR count). The number of aromatic amines is 2. The molecule has 4 aromatic heterocycles. The van der Waals surface area contributed by atoms with Gasteiger partial charge in [0.25, 0.3) is 0 Å². The molecule has 2 aromatic carbocycles. The molecular formula is C32H37ClN8O4. The Kier molecular flexibility index (Phi) is 9.01. The fourth-order valence-corrected chi connectivity index (χ4v) is 4.53. The molecular weight excluding hydrogens is 596 g/mol. The number of carbonyl (C=O) groups excluding carboxylic acids is 2. The first kappa shape index (κ1) is 32.7. The summed E-state index contributed by atoms with van der Waals surface area (Å²) in [5.41, 5.74) is 15.8. The van der Waals surface area contributed by atoms with Gasteiger partial charge in [-0.15, -0.1) is 12.4 Å². The van der Waals surface area contributed by atoms with Crippen LogP contribution < -0.4 is 11.5 Å². The van der Waals surface area contributed by atoms with E-state index in [1.54, 1.807) is 78.1 Å². The molecule has 0 aliphatic rings. The van der Waals surface area contributed by atoms with Crippen LogP contribution in [0.15, 0.2) is 73.1 Å². The Morgan fingerprint density at radius 1 is 0.800 bits per heavy atom. The van der Waals surface area contributed by atoms with Crippen LogP contribution in [0.4, 0.5) is 21.0 Å². The van der Waals surface area contributed by atoms with Gasteiger partial charge < -0.3 is 25.9 Å². The molecule has 0 amide bonds. The third-order valence-corrected chi connectivity index (χ3v) is 6.29. The second-order valence-electron chi connectivity index (χ2n) is 12.2. The minimum absolute atomic E-state index is 0. The van der Waals surface area contributed by atoms with Gasteiger partial charge in [0.1, 0.15) is 22.6 Å². The summed E-state index contributed by atoms with van der Waals surface area (Å²) in [6.07, 6.45) is 2.31. The van der Waals surface area contributed by atoms with E-state index in [1.807, 2.05) is 36.5 Å². The van der Waals surface area contributed by atoms with Crippen LogP contribution in [0.1, 0.15) is 41.5 Å². The Morgan fingerprint density at radius 3 is 2.09 bits per heavy atom. The topological polar surface area (TPSA) is 172 Å². The van der Waals surface area contributed by atoms with Gasteiger partial charge in [0.2, 0.25) is 0 Å². The summed E-state index contributed by atoms with van der Waals surface area (Å²) >= 11 is 0. The number of nitrogens with two attached hydrogens (primary N) is 2. The van der Waals surface area contributed by atoms with Crippen molar-refractivity contribution in [3.63, 3.8) is 0 Å². The van der Waals surface area contributed by atoms with Crippen LogP contribution >= 0.6 is 12.4 Å². The lowest BCUT2D eigenvalue weighted by Gasteiger charge is -2.20. The molecule has 13 heteroatoms. The van der Waals surface area contributed by atoms with E-state index in [-0.39, 0.29) is 12.4 Å². The van der Waals surface area contributed by atoms with Gasteiger partial charge in [0, 0.05) is 34.5 Å². The van der Waals surface area contributed by atoms with Gasteiger partial charge in [0.15, 0.2) is 0 Å². The highest BCUT2D eigenvalue weighted by Crippen LogP contribution is 2.31. The van der Waals surface area contributed by atoms with Gasteiger partial charge in [-0.1, -0.05) is 0 Å². The van der Waals surface area contributed by atoms with Crippen LogP contribution in [0.2, 0.25) is 0 Å². The van der Waals surface area contributed by atoms with Crippen LogP contribution in [-0.4, -0.2) is 52.9 Å². The molecule has 0 bridgehead atoms. The normalized spacial score (nSPS) is 11.5. The summed E-state index contributed by atoms with van der Waals surface area (Å²) < 4.78 is 13.5. The molecule has 0 saturated carbocycles. The Morgan fingerprint density at radius 2 is 1.44 bits per heavy atom. The smallest absolute Gasteiger partial charge is 0.435 e. The third kappa shape index (κ3) is 7.29. The fraction of sp³-hybridized carbons (Fsp3) is 0.250. The molecule has 0 saturated heterocycles. The van der Waals surface area contributed by atoms with Gasteiger partial charge in [0.05, 0.1) is 22.4 Å². The number of nitrogens with one attached hydrogen (secondary N) is 2. The number of aromatic nitrogens is 6. The van der Waals surface area contributed by atoms with Crippen LogP contribution in [0, 0.1) is 0 Å². The van der Waals surface area contributed by atoms with Gasteiger partial charge in [-0.25, -0.2) is 9.59 Å². The Bertz CT molecular complexity index is 1960. The zero-order valence-electron chi connectivity index (χ0n) is 25.9. The number of fused-ring (bicyclic) bond motifs is 2. The quantitative estimate of drug-likeness (QED) is 0.145. The lowest BCUT2D eigenvalue weighted by Crippen LogP contribution is -2.28. The van der Waals surface area contributed by atoms with Crippen LogP contribution in [0.5, 0.6) is 0 Å². The number of rotatable bonds is 2. The van der Waals surface area contributed by atoms with Crippen LogP contribution in [0.3, 0.4) is 0 Å². The van der Waals surface area contributed by atoms with E-state index in [0.717, 1.165) is 28.0 Å². The average molecular weight is 633 g/mol. The zero-order valence-corrected chi connectivity index (χ0v) is 26.7. The summed E-state index contributed by atoms with van der Waals surface area (Å²) in [7, 11) is 0. The number of carbonyl (C=O) groups is 2. The number of ether oxygens (including phenoxy) is 2. The molecule has 6 aromatic rings. The molecule has 45 heavy (non-hydrogen) atoms. The minimum atomic E-state index is -0.688. The highest BCUT2D eigenvalue weighted by Gasteiger charge is 2.26. The van der Waals surface area contributed by atoms with Crippen molar-refractivity contribution in [2.75, 3.05) is 11.5 Å². The summed E-state index contributed by atoms with van der Waals surface area (Å²) in [4.78, 5) is 28.5. The Hall–Kier alpha value is -5.23. The minimum Gasteiger partial charge on any atom is -0.443 e. The van der Waals surface area contributed by atoms with Gasteiger partial charge in [-0.3, -0.25) is 9.67 Å². The number of hydrogen-bond donors (Lipinski definition) is 4. The molecule has 236 valence electrons. The third-order valence-electron chi connectivity index (χ3n) is 6.29. The standard InChI is InChI=1S/C21H26N4O4.C11H10N4.ClH/c1-20(2,3)28-18(26)24-11-7-8-15(24)17-14-10-9-13(22)12-16(14)25(23-17)19(27)29-21(4,5)6;12-7-3-4-8-10(6-7)14-15-11(8)9-2-1-5-13-9;/h7-12H,22H2,1-6H3;1-6,13H,12H2,(H,14,15);1H. The monoisotopic (exact) mass is 632 g/mol. The summed E-state index contributed by atoms with van der Waals surface area (Å²) in [5.74, 6) is 0.